The second kappa shape index (κ2) is 7.84. The first-order chi connectivity index (χ1) is 9.45. The lowest BCUT2D eigenvalue weighted by Crippen LogP contribution is -2.39. The number of hydrogen-bond donors (Lipinski definition) is 1. The van der Waals surface area contributed by atoms with Gasteiger partial charge >= 0.3 is 5.97 Å². The summed E-state index contributed by atoms with van der Waals surface area (Å²) in [5.41, 5.74) is 0.106. The molecule has 1 aromatic carbocycles. The summed E-state index contributed by atoms with van der Waals surface area (Å²) in [6.07, 6.45) is 0. The lowest BCUT2D eigenvalue weighted by atomic mass is 10.2. The van der Waals surface area contributed by atoms with Gasteiger partial charge < -0.3 is 10.1 Å². The number of esters is 1. The van der Waals surface area contributed by atoms with Crippen LogP contribution in [0.2, 0.25) is 0 Å². The number of halogens is 2. The molecule has 1 unspecified atom stereocenters. The maximum atomic E-state index is 12.4. The number of nitrogens with one attached hydrogen (secondary N) is 1. The van der Waals surface area contributed by atoms with Gasteiger partial charge in [0, 0.05) is 4.90 Å². The first-order valence-corrected chi connectivity index (χ1v) is 6.85. The third-order valence-electron chi connectivity index (χ3n) is 2.34. The topological polar surface area (TPSA) is 55.4 Å². The molecule has 0 saturated heterocycles. The summed E-state index contributed by atoms with van der Waals surface area (Å²) in [4.78, 5) is 23.6. The van der Waals surface area contributed by atoms with Gasteiger partial charge in [-0.3, -0.25) is 4.79 Å². The number of alkyl halides is 2. The monoisotopic (exact) mass is 303 g/mol. The Bertz CT molecular complexity index is 482. The summed E-state index contributed by atoms with van der Waals surface area (Å²) in [6, 6.07) is 5.15. The van der Waals surface area contributed by atoms with Gasteiger partial charge in [-0.15, -0.1) is 0 Å². The predicted molar refractivity (Wildman–Crippen MR) is 71.9 cm³/mol. The van der Waals surface area contributed by atoms with Gasteiger partial charge in [-0.25, -0.2) is 4.79 Å². The van der Waals surface area contributed by atoms with E-state index >= 15 is 0 Å². The zero-order chi connectivity index (χ0) is 15.1. The Hall–Kier alpha value is -1.63. The molecule has 1 N–H and O–H groups in total. The molecule has 0 heterocycles. The van der Waals surface area contributed by atoms with Gasteiger partial charge in [0.1, 0.15) is 6.04 Å². The molecule has 7 heteroatoms. The summed E-state index contributed by atoms with van der Waals surface area (Å²) in [5, 5.41) is 2.42. The van der Waals surface area contributed by atoms with E-state index in [1.807, 2.05) is 0 Å². The van der Waals surface area contributed by atoms with Crippen molar-refractivity contribution in [2.75, 3.05) is 6.61 Å². The average molecular weight is 303 g/mol. The molecule has 1 atom stereocenters. The number of amides is 1. The van der Waals surface area contributed by atoms with Gasteiger partial charge in [-0.1, -0.05) is 23.9 Å². The SMILES string of the molecule is CCOC(=O)C(C)NC(=O)c1ccccc1SC(F)F. The highest BCUT2D eigenvalue weighted by atomic mass is 32.2. The van der Waals surface area contributed by atoms with Crippen molar-refractivity contribution < 1.29 is 23.1 Å². The van der Waals surface area contributed by atoms with Crippen LogP contribution in [0, 0.1) is 0 Å². The van der Waals surface area contributed by atoms with E-state index in [1.165, 1.54) is 19.1 Å². The van der Waals surface area contributed by atoms with Crippen molar-refractivity contribution in [3.05, 3.63) is 29.8 Å². The molecule has 0 aliphatic heterocycles. The Kier molecular flexibility index (Phi) is 6.44. The number of hydrogen-bond acceptors (Lipinski definition) is 4. The Balaban J connectivity index is 2.79. The van der Waals surface area contributed by atoms with Crippen molar-refractivity contribution >= 4 is 23.6 Å². The predicted octanol–water partition coefficient (Wildman–Crippen LogP) is 2.68. The fraction of sp³-hybridized carbons (Fsp3) is 0.385. The lowest BCUT2D eigenvalue weighted by Gasteiger charge is -2.14. The third-order valence-corrected chi connectivity index (χ3v) is 3.12. The fourth-order valence-corrected chi connectivity index (χ4v) is 2.09. The van der Waals surface area contributed by atoms with Crippen molar-refractivity contribution in [2.45, 2.75) is 30.5 Å². The smallest absolute Gasteiger partial charge is 0.328 e. The van der Waals surface area contributed by atoms with Crippen LogP contribution in [0.3, 0.4) is 0 Å². The molecule has 0 radical (unpaired) electrons. The van der Waals surface area contributed by atoms with Crippen molar-refractivity contribution in [3.63, 3.8) is 0 Å². The van der Waals surface area contributed by atoms with E-state index in [1.54, 1.807) is 19.1 Å². The van der Waals surface area contributed by atoms with E-state index in [9.17, 15) is 18.4 Å². The summed E-state index contributed by atoms with van der Waals surface area (Å²) < 4.78 is 29.6. The van der Waals surface area contributed by atoms with Gasteiger partial charge in [-0.05, 0) is 26.0 Å². The van der Waals surface area contributed by atoms with Gasteiger partial charge in [0.05, 0.1) is 12.2 Å². The van der Waals surface area contributed by atoms with Gasteiger partial charge in [-0.2, -0.15) is 8.78 Å². The Labute approximate surface area is 119 Å². The molecule has 0 aromatic heterocycles. The largest absolute Gasteiger partial charge is 0.464 e. The maximum absolute atomic E-state index is 12.4. The maximum Gasteiger partial charge on any atom is 0.328 e. The van der Waals surface area contributed by atoms with E-state index in [2.05, 4.69) is 5.32 Å². The molecule has 1 amide bonds. The van der Waals surface area contributed by atoms with E-state index in [0.717, 1.165) is 0 Å². The molecule has 0 bridgehead atoms. The van der Waals surface area contributed by atoms with Crippen molar-refractivity contribution in [3.8, 4) is 0 Å². The van der Waals surface area contributed by atoms with Crippen LogP contribution in [-0.4, -0.2) is 30.3 Å². The van der Waals surface area contributed by atoms with E-state index in [0.29, 0.717) is 0 Å². The fourth-order valence-electron chi connectivity index (χ4n) is 1.45. The molecular weight excluding hydrogens is 288 g/mol. The minimum absolute atomic E-state index is 0.106. The quantitative estimate of drug-likeness (QED) is 0.648. The molecule has 1 rings (SSSR count). The number of carbonyl (C=O) groups excluding carboxylic acids is 2. The van der Waals surface area contributed by atoms with Crippen molar-refractivity contribution in [1.82, 2.24) is 5.32 Å². The molecule has 0 aliphatic carbocycles. The molecule has 0 saturated carbocycles. The van der Waals surface area contributed by atoms with Crippen LogP contribution in [0.25, 0.3) is 0 Å². The van der Waals surface area contributed by atoms with E-state index in [4.69, 9.17) is 4.74 Å². The Morgan fingerprint density at radius 1 is 1.35 bits per heavy atom. The first-order valence-electron chi connectivity index (χ1n) is 5.97. The highest BCUT2D eigenvalue weighted by Crippen LogP contribution is 2.28. The molecule has 20 heavy (non-hydrogen) atoms. The molecule has 4 nitrogen and oxygen atoms in total. The molecule has 110 valence electrons. The van der Waals surface area contributed by atoms with Crippen LogP contribution in [0.1, 0.15) is 24.2 Å². The van der Waals surface area contributed by atoms with Crippen LogP contribution in [-0.2, 0) is 9.53 Å². The molecule has 0 spiro atoms. The van der Waals surface area contributed by atoms with Crippen molar-refractivity contribution in [2.24, 2.45) is 0 Å². The van der Waals surface area contributed by atoms with Gasteiger partial charge in [0.15, 0.2) is 0 Å². The Morgan fingerprint density at radius 2 is 2.00 bits per heavy atom. The molecule has 0 fully saturated rings. The number of benzene rings is 1. The summed E-state index contributed by atoms with van der Waals surface area (Å²) in [5.74, 6) is -3.78. The van der Waals surface area contributed by atoms with Crippen LogP contribution >= 0.6 is 11.8 Å². The zero-order valence-corrected chi connectivity index (χ0v) is 11.9. The summed E-state index contributed by atoms with van der Waals surface area (Å²) >= 11 is 0.289. The average Bonchev–Trinajstić information content (AvgIpc) is 2.38. The second-order valence-electron chi connectivity index (χ2n) is 3.82. The zero-order valence-electron chi connectivity index (χ0n) is 11.1. The molecule has 0 aliphatic rings. The van der Waals surface area contributed by atoms with Crippen LogP contribution in [0.5, 0.6) is 0 Å². The molecular formula is C13H15F2NO3S. The standard InChI is InChI=1S/C13H15F2NO3S/c1-3-19-12(18)8(2)16-11(17)9-6-4-5-7-10(9)20-13(14)15/h4-8,13H,3H2,1-2H3,(H,16,17). The van der Waals surface area contributed by atoms with Gasteiger partial charge in [0.25, 0.3) is 11.7 Å². The van der Waals surface area contributed by atoms with Crippen molar-refractivity contribution in [1.29, 1.82) is 0 Å². The summed E-state index contributed by atoms with van der Waals surface area (Å²) in [7, 11) is 0. The normalized spacial score (nSPS) is 12.1. The lowest BCUT2D eigenvalue weighted by molar-refractivity contribution is -0.144. The second-order valence-corrected chi connectivity index (χ2v) is 4.85. The van der Waals surface area contributed by atoms with Gasteiger partial charge in [0.2, 0.25) is 0 Å². The highest BCUT2D eigenvalue weighted by Gasteiger charge is 2.20. The van der Waals surface area contributed by atoms with Crippen LogP contribution in [0.4, 0.5) is 8.78 Å². The number of thioether (sulfide) groups is 1. The highest BCUT2D eigenvalue weighted by molar-refractivity contribution is 7.99. The van der Waals surface area contributed by atoms with Crippen LogP contribution in [0.15, 0.2) is 29.2 Å². The minimum Gasteiger partial charge on any atom is -0.464 e. The number of carbonyl (C=O) groups is 2. The third kappa shape index (κ3) is 4.80. The number of ether oxygens (including phenoxy) is 1. The Morgan fingerprint density at radius 3 is 2.60 bits per heavy atom. The number of rotatable bonds is 6. The summed E-state index contributed by atoms with van der Waals surface area (Å²) in [6.45, 7) is 3.33. The van der Waals surface area contributed by atoms with E-state index in [-0.39, 0.29) is 28.8 Å². The minimum atomic E-state index is -2.62. The van der Waals surface area contributed by atoms with E-state index < -0.39 is 23.7 Å². The van der Waals surface area contributed by atoms with Crippen LogP contribution < -0.4 is 5.32 Å². The first kappa shape index (κ1) is 16.4. The molecule has 1 aromatic rings.